The van der Waals surface area contributed by atoms with Crippen molar-refractivity contribution in [2.45, 2.75) is 37.8 Å². The van der Waals surface area contributed by atoms with Gasteiger partial charge in [0.05, 0.1) is 11.6 Å². The fraction of sp³-hybridized carbons (Fsp3) is 0.333. The van der Waals surface area contributed by atoms with E-state index in [1.165, 1.54) is 6.07 Å². The van der Waals surface area contributed by atoms with Crippen molar-refractivity contribution in [3.05, 3.63) is 52.5 Å². The van der Waals surface area contributed by atoms with Gasteiger partial charge in [0.2, 0.25) is 10.0 Å². The minimum atomic E-state index is -3.72. The summed E-state index contributed by atoms with van der Waals surface area (Å²) in [5.74, 6) is 1.45. The number of sulfonamides is 1. The number of hydrogen-bond acceptors (Lipinski definition) is 4. The number of fused-ring (bicyclic) bond motifs is 1. The van der Waals surface area contributed by atoms with Crippen LogP contribution in [-0.2, 0) is 23.0 Å². The van der Waals surface area contributed by atoms with E-state index in [0.29, 0.717) is 12.4 Å². The zero-order valence-corrected chi connectivity index (χ0v) is 15.7. The van der Waals surface area contributed by atoms with Crippen molar-refractivity contribution in [3.63, 3.8) is 0 Å². The third-order valence-electron chi connectivity index (χ3n) is 3.96. The zero-order chi connectivity index (χ0) is 18.0. The van der Waals surface area contributed by atoms with Crippen LogP contribution in [0.1, 0.15) is 25.0 Å². The molecule has 5 nitrogen and oxygen atoms in total. The van der Waals surface area contributed by atoms with Crippen LogP contribution in [0.25, 0.3) is 0 Å². The maximum atomic E-state index is 12.5. The summed E-state index contributed by atoms with van der Waals surface area (Å²) in [5, 5.41) is 0.186. The molecule has 1 N–H and O–H groups in total. The van der Waals surface area contributed by atoms with E-state index in [9.17, 15) is 8.42 Å². The van der Waals surface area contributed by atoms with Crippen LogP contribution in [0.15, 0.2) is 41.3 Å². The topological polar surface area (TPSA) is 64.6 Å². The Kier molecular flexibility index (Phi) is 5.22. The molecule has 1 aliphatic rings. The minimum absolute atomic E-state index is 0.0562. The first-order chi connectivity index (χ1) is 11.9. The largest absolute Gasteiger partial charge is 0.494 e. The standard InChI is InChI=1S/C18H20ClNO4S/c1-3-23-16-9-13-8-12(2)24-17(13)10-14(16)11-20-25(21,22)18-7-5-4-6-15(18)19/h4-7,9-10,12,20H,3,8,11H2,1-2H3/t12-/m0/s1. The van der Waals surface area contributed by atoms with Crippen LogP contribution >= 0.6 is 11.6 Å². The first-order valence-electron chi connectivity index (χ1n) is 8.10. The van der Waals surface area contributed by atoms with Gasteiger partial charge in [0.25, 0.3) is 0 Å². The van der Waals surface area contributed by atoms with Crippen LogP contribution in [-0.4, -0.2) is 21.1 Å². The number of rotatable bonds is 6. The van der Waals surface area contributed by atoms with Crippen molar-refractivity contribution in [1.29, 1.82) is 0 Å². The molecule has 0 unspecified atom stereocenters. The second-order valence-corrected chi connectivity index (χ2v) is 8.03. The molecule has 1 atom stereocenters. The van der Waals surface area contributed by atoms with E-state index in [1.54, 1.807) is 18.2 Å². The summed E-state index contributed by atoms with van der Waals surface area (Å²) in [5.41, 5.74) is 1.80. The Morgan fingerprint density at radius 1 is 1.32 bits per heavy atom. The Balaban J connectivity index is 1.85. The van der Waals surface area contributed by atoms with E-state index < -0.39 is 10.0 Å². The molecular weight excluding hydrogens is 362 g/mol. The van der Waals surface area contributed by atoms with Gasteiger partial charge in [0.1, 0.15) is 22.5 Å². The SMILES string of the molecule is CCOc1cc2c(cc1CNS(=O)(=O)c1ccccc1Cl)O[C@@H](C)C2. The van der Waals surface area contributed by atoms with Crippen LogP contribution in [0.4, 0.5) is 0 Å². The molecule has 0 bridgehead atoms. The third-order valence-corrected chi connectivity index (χ3v) is 5.86. The van der Waals surface area contributed by atoms with Gasteiger partial charge in [0, 0.05) is 24.1 Å². The number of nitrogens with one attached hydrogen (secondary N) is 1. The summed E-state index contributed by atoms with van der Waals surface area (Å²) < 4.78 is 39.1. The lowest BCUT2D eigenvalue weighted by atomic mass is 10.1. The third kappa shape index (κ3) is 3.92. The predicted molar refractivity (Wildman–Crippen MR) is 96.9 cm³/mol. The van der Waals surface area contributed by atoms with E-state index >= 15 is 0 Å². The van der Waals surface area contributed by atoms with E-state index in [-0.39, 0.29) is 22.6 Å². The molecule has 0 amide bonds. The van der Waals surface area contributed by atoms with Crippen molar-refractivity contribution in [2.75, 3.05) is 6.61 Å². The van der Waals surface area contributed by atoms with Gasteiger partial charge in [-0.1, -0.05) is 23.7 Å². The molecule has 3 rings (SSSR count). The Morgan fingerprint density at radius 2 is 2.08 bits per heavy atom. The molecule has 0 radical (unpaired) electrons. The van der Waals surface area contributed by atoms with Gasteiger partial charge in [-0.2, -0.15) is 0 Å². The molecule has 25 heavy (non-hydrogen) atoms. The molecule has 0 saturated carbocycles. The van der Waals surface area contributed by atoms with Crippen LogP contribution in [0.5, 0.6) is 11.5 Å². The van der Waals surface area contributed by atoms with Gasteiger partial charge >= 0.3 is 0 Å². The zero-order valence-electron chi connectivity index (χ0n) is 14.1. The maximum Gasteiger partial charge on any atom is 0.242 e. The fourth-order valence-corrected chi connectivity index (χ4v) is 4.35. The van der Waals surface area contributed by atoms with Crippen molar-refractivity contribution < 1.29 is 17.9 Å². The second kappa shape index (κ2) is 7.23. The lowest BCUT2D eigenvalue weighted by Gasteiger charge is -2.14. The molecule has 0 saturated heterocycles. The highest BCUT2D eigenvalue weighted by atomic mass is 35.5. The molecule has 1 heterocycles. The van der Waals surface area contributed by atoms with Crippen molar-refractivity contribution in [1.82, 2.24) is 4.72 Å². The fourth-order valence-electron chi connectivity index (χ4n) is 2.82. The molecule has 1 aliphatic heterocycles. The molecule has 7 heteroatoms. The van der Waals surface area contributed by atoms with E-state index in [2.05, 4.69) is 4.72 Å². The number of ether oxygens (including phenoxy) is 2. The Hall–Kier alpha value is -1.76. The average molecular weight is 382 g/mol. The van der Waals surface area contributed by atoms with Crippen molar-refractivity contribution in [2.24, 2.45) is 0 Å². The molecular formula is C18H20ClNO4S. The lowest BCUT2D eigenvalue weighted by Crippen LogP contribution is -2.24. The first kappa shape index (κ1) is 18.0. The minimum Gasteiger partial charge on any atom is -0.494 e. The van der Waals surface area contributed by atoms with E-state index in [4.69, 9.17) is 21.1 Å². The van der Waals surface area contributed by atoms with Crippen LogP contribution in [0.2, 0.25) is 5.02 Å². The van der Waals surface area contributed by atoms with E-state index in [0.717, 1.165) is 23.3 Å². The van der Waals surface area contributed by atoms with Crippen LogP contribution in [0.3, 0.4) is 0 Å². The summed E-state index contributed by atoms with van der Waals surface area (Å²) in [6, 6.07) is 10.1. The van der Waals surface area contributed by atoms with Crippen LogP contribution < -0.4 is 14.2 Å². The highest BCUT2D eigenvalue weighted by Crippen LogP contribution is 2.35. The first-order valence-corrected chi connectivity index (χ1v) is 9.96. The summed E-state index contributed by atoms with van der Waals surface area (Å²) in [6.45, 7) is 4.48. The van der Waals surface area contributed by atoms with Gasteiger partial charge in [0.15, 0.2) is 0 Å². The van der Waals surface area contributed by atoms with Crippen molar-refractivity contribution in [3.8, 4) is 11.5 Å². The molecule has 134 valence electrons. The molecule has 0 fully saturated rings. The summed E-state index contributed by atoms with van der Waals surface area (Å²) in [6.07, 6.45) is 0.931. The molecule has 0 aromatic heterocycles. The summed E-state index contributed by atoms with van der Waals surface area (Å²) in [4.78, 5) is 0.0562. The summed E-state index contributed by atoms with van der Waals surface area (Å²) in [7, 11) is -3.72. The van der Waals surface area contributed by atoms with E-state index in [1.807, 2.05) is 26.0 Å². The molecule has 2 aromatic rings. The number of hydrogen-bond donors (Lipinski definition) is 1. The highest BCUT2D eigenvalue weighted by molar-refractivity contribution is 7.89. The normalized spacial score (nSPS) is 16.4. The van der Waals surface area contributed by atoms with Crippen LogP contribution in [0, 0.1) is 0 Å². The van der Waals surface area contributed by atoms with Gasteiger partial charge < -0.3 is 9.47 Å². The van der Waals surface area contributed by atoms with Gasteiger partial charge in [-0.15, -0.1) is 0 Å². The predicted octanol–water partition coefficient (Wildman–Crippen LogP) is 3.54. The van der Waals surface area contributed by atoms with Crippen molar-refractivity contribution >= 4 is 21.6 Å². The highest BCUT2D eigenvalue weighted by Gasteiger charge is 2.23. The second-order valence-electron chi connectivity index (χ2n) is 5.89. The molecule has 0 spiro atoms. The summed E-state index contributed by atoms with van der Waals surface area (Å²) >= 11 is 6.00. The number of benzene rings is 2. The Bertz CT molecular complexity index is 883. The van der Waals surface area contributed by atoms with Gasteiger partial charge in [-0.05, 0) is 38.1 Å². The smallest absolute Gasteiger partial charge is 0.242 e. The lowest BCUT2D eigenvalue weighted by molar-refractivity contribution is 0.254. The van der Waals surface area contributed by atoms with Gasteiger partial charge in [-0.3, -0.25) is 0 Å². The molecule has 2 aromatic carbocycles. The maximum absolute atomic E-state index is 12.5. The number of halogens is 1. The van der Waals surface area contributed by atoms with Gasteiger partial charge in [-0.25, -0.2) is 13.1 Å². The Labute approximate surface area is 153 Å². The monoisotopic (exact) mass is 381 g/mol. The quantitative estimate of drug-likeness (QED) is 0.831. The average Bonchev–Trinajstić information content (AvgIpc) is 2.92. The Morgan fingerprint density at radius 3 is 2.80 bits per heavy atom. The molecule has 0 aliphatic carbocycles.